The van der Waals surface area contributed by atoms with Crippen molar-refractivity contribution in [3.63, 3.8) is 0 Å². The number of nitrogens with zero attached hydrogens (tertiary/aromatic N) is 5. The van der Waals surface area contributed by atoms with Gasteiger partial charge in [-0.05, 0) is 37.4 Å². The van der Waals surface area contributed by atoms with Crippen LogP contribution in [0.5, 0.6) is 0 Å². The normalized spacial score (nSPS) is 17.1. The van der Waals surface area contributed by atoms with Crippen molar-refractivity contribution in [2.75, 3.05) is 13.1 Å². The molecule has 7 heteroatoms. The van der Waals surface area contributed by atoms with Crippen molar-refractivity contribution in [3.8, 4) is 0 Å². The van der Waals surface area contributed by atoms with Crippen molar-refractivity contribution in [1.29, 1.82) is 0 Å². The van der Waals surface area contributed by atoms with Crippen molar-refractivity contribution >= 4 is 16.3 Å². The highest BCUT2D eigenvalue weighted by Gasteiger charge is 2.22. The predicted molar refractivity (Wildman–Crippen MR) is 89.8 cm³/mol. The van der Waals surface area contributed by atoms with Crippen LogP contribution in [-0.2, 0) is 13.6 Å². The van der Waals surface area contributed by atoms with E-state index in [0.29, 0.717) is 5.92 Å². The Hall–Kier alpha value is -1.99. The van der Waals surface area contributed by atoms with Crippen molar-refractivity contribution < 1.29 is 0 Å². The van der Waals surface area contributed by atoms with Crippen molar-refractivity contribution in [3.05, 3.63) is 51.6 Å². The standard InChI is InChI=1S/C16H19N5OS/c1-19-10-13(9-17-19)12-2-4-20(5-3-12)11-14-8-15(22)21-6-7-23-16(21)18-14/h6-10,12H,2-5,11H2,1H3. The molecule has 1 fully saturated rings. The number of rotatable bonds is 3. The highest BCUT2D eigenvalue weighted by atomic mass is 32.1. The Bertz CT molecular complexity index is 872. The Labute approximate surface area is 138 Å². The highest BCUT2D eigenvalue weighted by Crippen LogP contribution is 2.28. The zero-order valence-electron chi connectivity index (χ0n) is 13.1. The molecule has 0 N–H and O–H groups in total. The van der Waals surface area contributed by atoms with Crippen LogP contribution in [0.1, 0.15) is 30.0 Å². The molecule has 0 unspecified atom stereocenters. The van der Waals surface area contributed by atoms with E-state index in [1.54, 1.807) is 16.7 Å². The Kier molecular flexibility index (Phi) is 3.74. The quantitative estimate of drug-likeness (QED) is 0.736. The molecule has 3 aromatic heterocycles. The first-order valence-corrected chi connectivity index (χ1v) is 8.74. The molecule has 1 aliphatic rings. The second kappa shape index (κ2) is 5.90. The summed E-state index contributed by atoms with van der Waals surface area (Å²) in [7, 11) is 1.96. The fourth-order valence-corrected chi connectivity index (χ4v) is 4.01. The van der Waals surface area contributed by atoms with Crippen LogP contribution in [0.25, 0.3) is 4.96 Å². The molecule has 4 heterocycles. The number of hydrogen-bond donors (Lipinski definition) is 0. The van der Waals surface area contributed by atoms with E-state index in [9.17, 15) is 4.79 Å². The second-order valence-electron chi connectivity index (χ2n) is 6.14. The van der Waals surface area contributed by atoms with Gasteiger partial charge in [-0.25, -0.2) is 4.98 Å². The summed E-state index contributed by atoms with van der Waals surface area (Å²) >= 11 is 1.50. The minimum Gasteiger partial charge on any atom is -0.297 e. The number of likely N-dealkylation sites (tertiary alicyclic amines) is 1. The lowest BCUT2D eigenvalue weighted by molar-refractivity contribution is 0.202. The Morgan fingerprint density at radius 2 is 2.17 bits per heavy atom. The van der Waals surface area contributed by atoms with Crippen LogP contribution in [-0.4, -0.2) is 37.2 Å². The van der Waals surface area contributed by atoms with Gasteiger partial charge in [-0.15, -0.1) is 11.3 Å². The Morgan fingerprint density at radius 3 is 2.91 bits per heavy atom. The Balaban J connectivity index is 1.43. The van der Waals surface area contributed by atoms with Crippen LogP contribution in [0.15, 0.2) is 34.8 Å². The average Bonchev–Trinajstić information content (AvgIpc) is 3.17. The van der Waals surface area contributed by atoms with Crippen LogP contribution < -0.4 is 5.56 Å². The van der Waals surface area contributed by atoms with Crippen LogP contribution in [0.4, 0.5) is 0 Å². The topological polar surface area (TPSA) is 55.4 Å². The summed E-state index contributed by atoms with van der Waals surface area (Å²) < 4.78 is 3.47. The van der Waals surface area contributed by atoms with E-state index >= 15 is 0 Å². The van der Waals surface area contributed by atoms with Gasteiger partial charge in [0.25, 0.3) is 5.56 Å². The molecule has 4 rings (SSSR count). The number of hydrogen-bond acceptors (Lipinski definition) is 5. The lowest BCUT2D eigenvalue weighted by atomic mass is 9.91. The molecule has 0 atom stereocenters. The van der Waals surface area contributed by atoms with E-state index in [-0.39, 0.29) is 5.56 Å². The molecule has 0 saturated carbocycles. The number of thiazole rings is 1. The molecule has 6 nitrogen and oxygen atoms in total. The maximum atomic E-state index is 12.0. The van der Waals surface area contributed by atoms with E-state index in [1.807, 2.05) is 23.3 Å². The summed E-state index contributed by atoms with van der Waals surface area (Å²) in [6.45, 7) is 2.82. The number of aryl methyl sites for hydroxylation is 1. The first-order valence-electron chi connectivity index (χ1n) is 7.86. The number of piperidine rings is 1. The fourth-order valence-electron chi connectivity index (χ4n) is 3.27. The monoisotopic (exact) mass is 329 g/mol. The van der Waals surface area contributed by atoms with E-state index in [2.05, 4.69) is 21.2 Å². The molecule has 1 aliphatic heterocycles. The first kappa shape index (κ1) is 14.6. The lowest BCUT2D eigenvalue weighted by Crippen LogP contribution is -2.33. The summed E-state index contributed by atoms with van der Waals surface area (Å²) in [6, 6.07) is 1.66. The van der Waals surface area contributed by atoms with Crippen molar-refractivity contribution in [2.45, 2.75) is 25.3 Å². The van der Waals surface area contributed by atoms with E-state index in [4.69, 9.17) is 0 Å². The van der Waals surface area contributed by atoms with Crippen molar-refractivity contribution in [1.82, 2.24) is 24.1 Å². The molecule has 0 radical (unpaired) electrons. The van der Waals surface area contributed by atoms with Gasteiger partial charge in [-0.1, -0.05) is 0 Å². The van der Waals surface area contributed by atoms with Gasteiger partial charge in [-0.3, -0.25) is 18.8 Å². The van der Waals surface area contributed by atoms with Gasteiger partial charge in [0.15, 0.2) is 4.96 Å². The van der Waals surface area contributed by atoms with Gasteiger partial charge in [0.1, 0.15) is 0 Å². The number of aromatic nitrogens is 4. The van der Waals surface area contributed by atoms with Gasteiger partial charge < -0.3 is 0 Å². The largest absolute Gasteiger partial charge is 0.297 e. The smallest absolute Gasteiger partial charge is 0.258 e. The third kappa shape index (κ3) is 2.94. The van der Waals surface area contributed by atoms with Crippen LogP contribution in [0.3, 0.4) is 0 Å². The predicted octanol–water partition coefficient (Wildman–Crippen LogP) is 1.87. The van der Waals surface area contributed by atoms with Crippen molar-refractivity contribution in [2.24, 2.45) is 7.05 Å². The molecule has 0 spiro atoms. The third-order valence-corrected chi connectivity index (χ3v) is 5.28. The molecule has 1 saturated heterocycles. The molecule has 120 valence electrons. The molecule has 0 amide bonds. The molecule has 0 aromatic carbocycles. The molecule has 23 heavy (non-hydrogen) atoms. The third-order valence-electron chi connectivity index (χ3n) is 4.53. The van der Waals surface area contributed by atoms with E-state index in [1.165, 1.54) is 16.9 Å². The second-order valence-corrected chi connectivity index (χ2v) is 7.01. The molecule has 0 aliphatic carbocycles. The highest BCUT2D eigenvalue weighted by molar-refractivity contribution is 7.15. The van der Waals surface area contributed by atoms with Crippen LogP contribution in [0, 0.1) is 0 Å². The minimum absolute atomic E-state index is 0.0106. The Morgan fingerprint density at radius 1 is 1.35 bits per heavy atom. The van der Waals surface area contributed by atoms with Gasteiger partial charge in [0.2, 0.25) is 0 Å². The van der Waals surface area contributed by atoms with E-state index < -0.39 is 0 Å². The lowest BCUT2D eigenvalue weighted by Gasteiger charge is -2.31. The maximum absolute atomic E-state index is 12.0. The van der Waals surface area contributed by atoms with Gasteiger partial charge in [-0.2, -0.15) is 5.10 Å². The molecule has 0 bridgehead atoms. The summed E-state index contributed by atoms with van der Waals surface area (Å²) in [5, 5.41) is 6.17. The summed E-state index contributed by atoms with van der Waals surface area (Å²) in [5.41, 5.74) is 2.22. The average molecular weight is 329 g/mol. The van der Waals surface area contributed by atoms with Crippen LogP contribution >= 0.6 is 11.3 Å². The van der Waals surface area contributed by atoms with E-state index in [0.717, 1.165) is 43.1 Å². The first-order chi connectivity index (χ1) is 11.2. The molecule has 3 aromatic rings. The summed E-state index contributed by atoms with van der Waals surface area (Å²) in [6.07, 6.45) is 8.14. The van der Waals surface area contributed by atoms with Gasteiger partial charge in [0.05, 0.1) is 11.9 Å². The molecular weight excluding hydrogens is 310 g/mol. The minimum atomic E-state index is 0.0106. The maximum Gasteiger partial charge on any atom is 0.258 e. The summed E-state index contributed by atoms with van der Waals surface area (Å²) in [5.74, 6) is 0.596. The zero-order valence-corrected chi connectivity index (χ0v) is 13.9. The van der Waals surface area contributed by atoms with Crippen LogP contribution in [0.2, 0.25) is 0 Å². The number of fused-ring (bicyclic) bond motifs is 1. The van der Waals surface area contributed by atoms with Gasteiger partial charge in [0, 0.05) is 37.4 Å². The zero-order chi connectivity index (χ0) is 15.8. The molecular formula is C16H19N5OS. The SMILES string of the molecule is Cn1cc(C2CCN(Cc3cc(=O)n4ccsc4n3)CC2)cn1. The van der Waals surface area contributed by atoms with Gasteiger partial charge >= 0.3 is 0 Å². The fraction of sp³-hybridized carbons (Fsp3) is 0.438. The summed E-state index contributed by atoms with van der Waals surface area (Å²) in [4.78, 5) is 19.8.